The lowest BCUT2D eigenvalue weighted by molar-refractivity contribution is -0.209. The predicted octanol–water partition coefficient (Wildman–Crippen LogP) is 2.80. The van der Waals surface area contributed by atoms with Crippen LogP contribution in [0.1, 0.15) is 58.3 Å². The van der Waals surface area contributed by atoms with Crippen LogP contribution in [0.25, 0.3) is 0 Å². The van der Waals surface area contributed by atoms with Crippen LogP contribution in [0.4, 0.5) is 0 Å². The molecule has 0 aromatic carbocycles. The fourth-order valence-electron chi connectivity index (χ4n) is 8.15. The Hall–Kier alpha value is -1.04. The van der Waals surface area contributed by atoms with Gasteiger partial charge >= 0.3 is 0 Å². The van der Waals surface area contributed by atoms with E-state index >= 15 is 0 Å². The molecule has 3 saturated carbocycles. The smallest absolute Gasteiger partial charge is 0.167 e. The molecule has 1 saturated heterocycles. The van der Waals surface area contributed by atoms with Crippen LogP contribution in [0.15, 0.2) is 11.6 Å². The van der Waals surface area contributed by atoms with Crippen molar-refractivity contribution >= 4 is 11.6 Å². The molecule has 0 aromatic rings. The van der Waals surface area contributed by atoms with Crippen LogP contribution in [-0.4, -0.2) is 42.3 Å². The monoisotopic (exact) mass is 374 g/mol. The maximum Gasteiger partial charge on any atom is 0.167 e. The Balaban J connectivity index is 1.60. The normalized spacial score (nSPS) is 50.6. The third-order valence-corrected chi connectivity index (χ3v) is 9.12. The molecule has 1 spiro atoms. The zero-order valence-electron chi connectivity index (χ0n) is 16.3. The van der Waals surface area contributed by atoms with Crippen LogP contribution < -0.4 is 0 Å². The molecule has 1 N–H and O–H groups in total. The van der Waals surface area contributed by atoms with E-state index in [9.17, 15) is 14.7 Å². The summed E-state index contributed by atoms with van der Waals surface area (Å²) in [5.41, 5.74) is 0.719. The molecule has 7 atom stereocenters. The number of Topliss-reactive ketones (excluding diaryl/α,β-unsaturated/α-hetero) is 1. The van der Waals surface area contributed by atoms with Gasteiger partial charge in [0.25, 0.3) is 0 Å². The fraction of sp³-hybridized carbons (Fsp3) is 0.818. The third-order valence-electron chi connectivity index (χ3n) is 9.12. The van der Waals surface area contributed by atoms with Crippen molar-refractivity contribution < 1.29 is 24.2 Å². The standard InChI is InChI=1S/C22H30O5/c1-20-8-7-18-21-9-6-14(24)11-13(21)5-10-22(18,27-19(21)26-2)17(20)4-3-15(20)16(25)12-23/h11,15,17-19,23H,3-10,12H2,1-2H3. The molecule has 0 radical (unpaired) electrons. The lowest BCUT2D eigenvalue weighted by Crippen LogP contribution is -2.59. The number of aliphatic hydroxyl groups excluding tert-OH is 1. The van der Waals surface area contributed by atoms with Crippen molar-refractivity contribution in [2.45, 2.75) is 70.2 Å². The largest absolute Gasteiger partial charge is 0.389 e. The average molecular weight is 374 g/mol. The number of hydrogen-bond donors (Lipinski definition) is 1. The molecule has 4 fully saturated rings. The quantitative estimate of drug-likeness (QED) is 0.822. The van der Waals surface area contributed by atoms with Gasteiger partial charge < -0.3 is 14.6 Å². The summed E-state index contributed by atoms with van der Waals surface area (Å²) in [7, 11) is 1.72. The zero-order valence-corrected chi connectivity index (χ0v) is 16.3. The van der Waals surface area contributed by atoms with E-state index in [4.69, 9.17) is 9.47 Å². The van der Waals surface area contributed by atoms with Gasteiger partial charge in [0.15, 0.2) is 17.9 Å². The lowest BCUT2D eigenvalue weighted by atomic mass is 9.45. The summed E-state index contributed by atoms with van der Waals surface area (Å²) in [6.07, 6.45) is 8.63. The molecule has 5 aliphatic rings. The minimum atomic E-state index is -0.357. The molecule has 1 aliphatic heterocycles. The predicted molar refractivity (Wildman–Crippen MR) is 97.7 cm³/mol. The van der Waals surface area contributed by atoms with Gasteiger partial charge in [0.05, 0.1) is 5.60 Å². The van der Waals surface area contributed by atoms with Gasteiger partial charge in [-0.15, -0.1) is 0 Å². The first-order valence-corrected chi connectivity index (χ1v) is 10.5. The lowest BCUT2D eigenvalue weighted by Gasteiger charge is -2.58. The van der Waals surface area contributed by atoms with Gasteiger partial charge in [0.2, 0.25) is 0 Å². The molecule has 5 nitrogen and oxygen atoms in total. The van der Waals surface area contributed by atoms with Gasteiger partial charge in [0, 0.05) is 30.8 Å². The van der Waals surface area contributed by atoms with E-state index in [0.717, 1.165) is 44.9 Å². The van der Waals surface area contributed by atoms with Gasteiger partial charge in [-0.3, -0.25) is 9.59 Å². The van der Waals surface area contributed by atoms with E-state index < -0.39 is 0 Å². The summed E-state index contributed by atoms with van der Waals surface area (Å²) in [4.78, 5) is 24.6. The van der Waals surface area contributed by atoms with Gasteiger partial charge in [-0.25, -0.2) is 0 Å². The van der Waals surface area contributed by atoms with Crippen molar-refractivity contribution in [1.29, 1.82) is 0 Å². The first kappa shape index (κ1) is 18.0. The molecule has 4 aliphatic carbocycles. The van der Waals surface area contributed by atoms with Crippen molar-refractivity contribution in [3.8, 4) is 0 Å². The Morgan fingerprint density at radius 3 is 2.78 bits per heavy atom. The first-order valence-electron chi connectivity index (χ1n) is 10.5. The number of ketones is 2. The highest BCUT2D eigenvalue weighted by molar-refractivity contribution is 5.92. The number of fused-ring (bicyclic) bond motifs is 1. The van der Waals surface area contributed by atoms with Crippen molar-refractivity contribution in [2.75, 3.05) is 13.7 Å². The maximum absolute atomic E-state index is 12.5. The first-order chi connectivity index (χ1) is 12.9. The number of carbonyl (C=O) groups excluding carboxylic acids is 2. The van der Waals surface area contributed by atoms with E-state index in [1.54, 1.807) is 7.11 Å². The molecule has 1 heterocycles. The second-order valence-corrected chi connectivity index (χ2v) is 9.72. The third kappa shape index (κ3) is 2.01. The Bertz CT molecular complexity index is 728. The molecule has 7 unspecified atom stereocenters. The summed E-state index contributed by atoms with van der Waals surface area (Å²) in [6, 6.07) is 0. The van der Waals surface area contributed by atoms with Crippen molar-refractivity contribution in [1.82, 2.24) is 0 Å². The molecular weight excluding hydrogens is 344 g/mol. The van der Waals surface area contributed by atoms with E-state index in [-0.39, 0.29) is 46.8 Å². The highest BCUT2D eigenvalue weighted by Crippen LogP contribution is 2.74. The second kappa shape index (κ2) is 5.74. The summed E-state index contributed by atoms with van der Waals surface area (Å²) >= 11 is 0. The van der Waals surface area contributed by atoms with Crippen LogP contribution in [0.5, 0.6) is 0 Å². The number of aliphatic hydroxyl groups is 1. The van der Waals surface area contributed by atoms with Crippen molar-refractivity contribution in [3.63, 3.8) is 0 Å². The number of carbonyl (C=O) groups is 2. The van der Waals surface area contributed by atoms with Gasteiger partial charge in [0.1, 0.15) is 6.61 Å². The molecule has 5 rings (SSSR count). The van der Waals surface area contributed by atoms with E-state index in [0.29, 0.717) is 18.3 Å². The van der Waals surface area contributed by atoms with Gasteiger partial charge in [-0.1, -0.05) is 12.5 Å². The Kier molecular flexibility index (Phi) is 3.83. The van der Waals surface area contributed by atoms with Crippen LogP contribution >= 0.6 is 0 Å². The molecule has 5 heteroatoms. The van der Waals surface area contributed by atoms with Crippen LogP contribution in [0, 0.1) is 28.6 Å². The fourth-order valence-corrected chi connectivity index (χ4v) is 8.15. The van der Waals surface area contributed by atoms with Gasteiger partial charge in [-0.2, -0.15) is 0 Å². The minimum Gasteiger partial charge on any atom is -0.389 e. The van der Waals surface area contributed by atoms with E-state index in [1.165, 1.54) is 5.57 Å². The molecule has 0 amide bonds. The molecule has 2 bridgehead atoms. The average Bonchev–Trinajstić information content (AvgIpc) is 3.11. The van der Waals surface area contributed by atoms with Crippen molar-refractivity contribution in [2.24, 2.45) is 28.6 Å². The second-order valence-electron chi connectivity index (χ2n) is 9.72. The zero-order chi connectivity index (χ0) is 19.0. The summed E-state index contributed by atoms with van der Waals surface area (Å²) in [5, 5.41) is 9.48. The van der Waals surface area contributed by atoms with Crippen LogP contribution in [0.3, 0.4) is 0 Å². The Morgan fingerprint density at radius 1 is 1.22 bits per heavy atom. The van der Waals surface area contributed by atoms with Crippen LogP contribution in [-0.2, 0) is 19.1 Å². The summed E-state index contributed by atoms with van der Waals surface area (Å²) in [5.74, 6) is 0.851. The molecule has 0 aromatic heterocycles. The van der Waals surface area contributed by atoms with Crippen molar-refractivity contribution in [3.05, 3.63) is 11.6 Å². The maximum atomic E-state index is 12.5. The highest BCUT2D eigenvalue weighted by atomic mass is 16.7. The SMILES string of the molecule is COC1OC23CCC4=CC(=O)CCC41C2CCC1(C)C(C(=O)CO)CCC13. The topological polar surface area (TPSA) is 72.8 Å². The number of methoxy groups -OCH3 is 1. The molecular formula is C22H30O5. The number of rotatable bonds is 3. The van der Waals surface area contributed by atoms with Gasteiger partial charge in [-0.05, 0) is 62.4 Å². The molecule has 27 heavy (non-hydrogen) atoms. The Labute approximate surface area is 160 Å². The number of ether oxygens (including phenoxy) is 2. The van der Waals surface area contributed by atoms with Crippen LogP contribution in [0.2, 0.25) is 0 Å². The number of hydrogen-bond acceptors (Lipinski definition) is 5. The minimum absolute atomic E-state index is 0.00879. The van der Waals surface area contributed by atoms with E-state index in [1.807, 2.05) is 6.08 Å². The Morgan fingerprint density at radius 2 is 2.04 bits per heavy atom. The molecule has 148 valence electrons. The highest BCUT2D eigenvalue weighted by Gasteiger charge is 2.74. The summed E-state index contributed by atoms with van der Waals surface area (Å²) < 4.78 is 12.7. The van der Waals surface area contributed by atoms with E-state index in [2.05, 4.69) is 6.92 Å². The summed E-state index contributed by atoms with van der Waals surface area (Å²) in [6.45, 7) is 1.89.